The minimum atomic E-state index is -3.59. The number of rotatable bonds is 5. The second-order valence-electron chi connectivity index (χ2n) is 9.50. The zero-order valence-electron chi connectivity index (χ0n) is 20.9. The van der Waals surface area contributed by atoms with Crippen LogP contribution in [0.1, 0.15) is 36.7 Å². The van der Waals surface area contributed by atoms with Crippen LogP contribution in [0.5, 0.6) is 0 Å². The second-order valence-corrected chi connectivity index (χ2v) is 12.4. The number of hydrogen-bond donors (Lipinski definition) is 0. The van der Waals surface area contributed by atoms with E-state index in [9.17, 15) is 8.42 Å². The highest BCUT2D eigenvalue weighted by molar-refractivity contribution is 7.99. The molecule has 0 spiro atoms. The summed E-state index contributed by atoms with van der Waals surface area (Å²) in [5.41, 5.74) is 3.91. The third-order valence-corrected chi connectivity index (χ3v) is 9.53. The predicted octanol–water partition coefficient (Wildman–Crippen LogP) is 5.58. The largest absolute Gasteiger partial charge is 0.243 e. The molecule has 4 aromatic rings. The number of nitrogens with zero attached hydrogens (tertiary/aromatic N) is 5. The van der Waals surface area contributed by atoms with Crippen LogP contribution in [-0.4, -0.2) is 46.0 Å². The standard InChI is InChI=1S/C27H29N5O2S2/c1-17-11-13-32(14-12-17)36(33,34)24-16-21(10-9-18(24)2)25-22-7-5-6-8-23(22)26(31-30-25)35-27-28-19(3)15-20(4)29-27/h5-10,15-17H,11-14H2,1-4H3. The number of hydrogen-bond acceptors (Lipinski definition) is 7. The number of aromatic nitrogens is 4. The fourth-order valence-electron chi connectivity index (χ4n) is 4.58. The van der Waals surface area contributed by atoms with Crippen molar-refractivity contribution in [3.8, 4) is 11.3 Å². The molecule has 1 saturated heterocycles. The van der Waals surface area contributed by atoms with Crippen molar-refractivity contribution in [2.75, 3.05) is 13.1 Å². The van der Waals surface area contributed by atoms with Gasteiger partial charge in [-0.1, -0.05) is 43.3 Å². The third kappa shape index (κ3) is 4.87. The highest BCUT2D eigenvalue weighted by Gasteiger charge is 2.29. The zero-order chi connectivity index (χ0) is 25.4. The molecule has 0 amide bonds. The number of sulfonamides is 1. The van der Waals surface area contributed by atoms with Crippen molar-refractivity contribution in [3.05, 3.63) is 65.5 Å². The van der Waals surface area contributed by atoms with Crippen molar-refractivity contribution in [3.63, 3.8) is 0 Å². The quantitative estimate of drug-likeness (QED) is 0.318. The Labute approximate surface area is 216 Å². The van der Waals surface area contributed by atoms with E-state index in [4.69, 9.17) is 0 Å². The number of benzene rings is 2. The van der Waals surface area contributed by atoms with Crippen LogP contribution in [0.2, 0.25) is 0 Å². The van der Waals surface area contributed by atoms with Crippen LogP contribution >= 0.6 is 11.8 Å². The van der Waals surface area contributed by atoms with Gasteiger partial charge in [-0.05, 0) is 69.0 Å². The maximum atomic E-state index is 13.5. The molecule has 3 heterocycles. The van der Waals surface area contributed by atoms with E-state index in [2.05, 4.69) is 27.1 Å². The van der Waals surface area contributed by atoms with Gasteiger partial charge in [0.1, 0.15) is 10.7 Å². The first-order valence-corrected chi connectivity index (χ1v) is 14.3. The topological polar surface area (TPSA) is 88.9 Å². The van der Waals surface area contributed by atoms with E-state index in [1.165, 1.54) is 11.8 Å². The molecule has 0 atom stereocenters. The molecule has 2 aromatic heterocycles. The lowest BCUT2D eigenvalue weighted by atomic mass is 10.0. The lowest BCUT2D eigenvalue weighted by molar-refractivity contribution is 0.288. The van der Waals surface area contributed by atoms with Gasteiger partial charge in [-0.3, -0.25) is 0 Å². The van der Waals surface area contributed by atoms with E-state index in [-0.39, 0.29) is 0 Å². The van der Waals surface area contributed by atoms with Gasteiger partial charge in [-0.15, -0.1) is 10.2 Å². The molecule has 0 bridgehead atoms. The normalized spacial score (nSPS) is 15.4. The summed E-state index contributed by atoms with van der Waals surface area (Å²) in [6.07, 6.45) is 1.77. The Bertz CT molecular complexity index is 1530. The van der Waals surface area contributed by atoms with Crippen LogP contribution < -0.4 is 0 Å². The first kappa shape index (κ1) is 24.8. The van der Waals surface area contributed by atoms with Crippen molar-refractivity contribution in [2.45, 2.75) is 55.6 Å². The fourth-order valence-corrected chi connectivity index (χ4v) is 7.23. The molecular formula is C27H29N5O2S2. The van der Waals surface area contributed by atoms with E-state index in [0.717, 1.165) is 46.1 Å². The van der Waals surface area contributed by atoms with Crippen LogP contribution in [-0.2, 0) is 10.0 Å². The molecule has 1 aliphatic rings. The Morgan fingerprint density at radius 2 is 1.56 bits per heavy atom. The summed E-state index contributed by atoms with van der Waals surface area (Å²) in [5, 5.41) is 12.2. The fraction of sp³-hybridized carbons (Fsp3) is 0.333. The van der Waals surface area contributed by atoms with Crippen LogP contribution in [0.3, 0.4) is 0 Å². The zero-order valence-corrected chi connectivity index (χ0v) is 22.5. The predicted molar refractivity (Wildman–Crippen MR) is 142 cm³/mol. The van der Waals surface area contributed by atoms with E-state index >= 15 is 0 Å². The highest BCUT2D eigenvalue weighted by atomic mass is 32.2. The molecule has 0 aliphatic carbocycles. The molecule has 5 rings (SSSR count). The smallest absolute Gasteiger partial charge is 0.228 e. The van der Waals surface area contributed by atoms with E-state index in [1.807, 2.05) is 63.2 Å². The highest BCUT2D eigenvalue weighted by Crippen LogP contribution is 2.35. The van der Waals surface area contributed by atoms with Crippen LogP contribution in [0, 0.1) is 26.7 Å². The van der Waals surface area contributed by atoms with Crippen molar-refractivity contribution in [1.29, 1.82) is 0 Å². The summed E-state index contributed by atoms with van der Waals surface area (Å²) in [4.78, 5) is 9.39. The Morgan fingerprint density at radius 3 is 2.25 bits per heavy atom. The van der Waals surface area contributed by atoms with Gasteiger partial charge in [0.05, 0.1) is 4.90 Å². The van der Waals surface area contributed by atoms with Crippen LogP contribution in [0.4, 0.5) is 0 Å². The summed E-state index contributed by atoms with van der Waals surface area (Å²) in [6.45, 7) is 9.02. The molecule has 0 unspecified atom stereocenters. The maximum Gasteiger partial charge on any atom is 0.243 e. The molecule has 36 heavy (non-hydrogen) atoms. The molecule has 0 radical (unpaired) electrons. The summed E-state index contributed by atoms with van der Waals surface area (Å²) in [5.74, 6) is 0.552. The molecule has 9 heteroatoms. The lowest BCUT2D eigenvalue weighted by Crippen LogP contribution is -2.38. The monoisotopic (exact) mass is 519 g/mol. The van der Waals surface area contributed by atoms with Gasteiger partial charge in [0.2, 0.25) is 10.0 Å². The first-order valence-electron chi connectivity index (χ1n) is 12.1. The molecule has 0 saturated carbocycles. The first-order chi connectivity index (χ1) is 17.2. The molecule has 186 valence electrons. The van der Waals surface area contributed by atoms with Crippen molar-refractivity contribution in [2.24, 2.45) is 5.92 Å². The molecule has 1 fully saturated rings. The Hall–Kier alpha value is -2.88. The van der Waals surface area contributed by atoms with Crippen molar-refractivity contribution >= 4 is 32.6 Å². The molecule has 2 aromatic carbocycles. The van der Waals surface area contributed by atoms with Gasteiger partial charge < -0.3 is 0 Å². The van der Waals surface area contributed by atoms with Crippen LogP contribution in [0.15, 0.2) is 63.6 Å². The van der Waals surface area contributed by atoms with E-state index in [0.29, 0.717) is 39.8 Å². The summed E-state index contributed by atoms with van der Waals surface area (Å²) in [6, 6.07) is 15.4. The van der Waals surface area contributed by atoms with Gasteiger partial charge in [-0.25, -0.2) is 18.4 Å². The van der Waals surface area contributed by atoms with Crippen molar-refractivity contribution < 1.29 is 8.42 Å². The SMILES string of the molecule is Cc1cc(C)nc(Sc2nnc(-c3ccc(C)c(S(=O)(=O)N4CCC(C)CC4)c3)c3ccccc23)n1. The molecule has 1 aliphatic heterocycles. The van der Waals surface area contributed by atoms with Gasteiger partial charge in [0.15, 0.2) is 5.16 Å². The number of aryl methyl sites for hydroxylation is 3. The van der Waals surface area contributed by atoms with Gasteiger partial charge in [-0.2, -0.15) is 4.31 Å². The molecular weight excluding hydrogens is 490 g/mol. The Kier molecular flexibility index (Phi) is 6.80. The average Bonchev–Trinajstić information content (AvgIpc) is 2.84. The Balaban J connectivity index is 1.56. The van der Waals surface area contributed by atoms with E-state index in [1.54, 1.807) is 10.4 Å². The number of piperidine rings is 1. The van der Waals surface area contributed by atoms with Gasteiger partial charge >= 0.3 is 0 Å². The van der Waals surface area contributed by atoms with Crippen molar-refractivity contribution in [1.82, 2.24) is 24.5 Å². The Morgan fingerprint density at radius 1 is 0.889 bits per heavy atom. The minimum absolute atomic E-state index is 0.336. The number of fused-ring (bicyclic) bond motifs is 1. The van der Waals surface area contributed by atoms with Crippen LogP contribution in [0.25, 0.3) is 22.0 Å². The second kappa shape index (κ2) is 9.88. The maximum absolute atomic E-state index is 13.5. The minimum Gasteiger partial charge on any atom is -0.228 e. The van der Waals surface area contributed by atoms with Gasteiger partial charge in [0, 0.05) is 40.8 Å². The summed E-state index contributed by atoms with van der Waals surface area (Å²) >= 11 is 1.38. The summed E-state index contributed by atoms with van der Waals surface area (Å²) < 4.78 is 28.7. The van der Waals surface area contributed by atoms with E-state index < -0.39 is 10.0 Å². The average molecular weight is 520 g/mol. The van der Waals surface area contributed by atoms with Gasteiger partial charge in [0.25, 0.3) is 0 Å². The lowest BCUT2D eigenvalue weighted by Gasteiger charge is -2.30. The third-order valence-electron chi connectivity index (χ3n) is 6.63. The molecule has 0 N–H and O–H groups in total. The molecule has 7 nitrogen and oxygen atoms in total. The summed E-state index contributed by atoms with van der Waals surface area (Å²) in [7, 11) is -3.59.